The zero-order chi connectivity index (χ0) is 10.1. The topological polar surface area (TPSA) is 38.1 Å². The Kier molecular flexibility index (Phi) is 2.37. The number of hydrogen-bond acceptors (Lipinski definition) is 3. The Hall–Kier alpha value is -1.16. The van der Waals surface area contributed by atoms with Gasteiger partial charge in [0.25, 0.3) is 0 Å². The fourth-order valence-electron chi connectivity index (χ4n) is 1.69. The van der Waals surface area contributed by atoms with Crippen LogP contribution in [0.2, 0.25) is 0 Å². The lowest BCUT2D eigenvalue weighted by molar-refractivity contribution is 0.0674. The van der Waals surface area contributed by atoms with E-state index in [0.29, 0.717) is 17.6 Å². The molecule has 0 atom stereocenters. The molecule has 76 valence electrons. The molecule has 14 heavy (non-hydrogen) atoms. The van der Waals surface area contributed by atoms with Gasteiger partial charge in [-0.25, -0.2) is 0 Å². The van der Waals surface area contributed by atoms with E-state index < -0.39 is 0 Å². The van der Waals surface area contributed by atoms with Gasteiger partial charge in [0.2, 0.25) is 0 Å². The Morgan fingerprint density at radius 1 is 1.57 bits per heavy atom. The number of carbonyl (C=O) groups is 1. The molecule has 0 aromatic carbocycles. The molecule has 1 saturated heterocycles. The first-order valence-corrected chi connectivity index (χ1v) is 4.94. The predicted molar refractivity (Wildman–Crippen MR) is 53.4 cm³/mol. The van der Waals surface area contributed by atoms with E-state index in [2.05, 4.69) is 23.8 Å². The average molecular weight is 193 g/mol. The molecule has 1 aliphatic heterocycles. The molecular weight excluding hydrogens is 178 g/mol. The molecule has 0 radical (unpaired) electrons. The lowest BCUT2D eigenvalue weighted by atomic mass is 10.1. The minimum absolute atomic E-state index is 0.450. The SMILES string of the molecule is CC(C)N1CC(n2cc(C=O)cn2)C1. The van der Waals surface area contributed by atoms with E-state index in [1.165, 1.54) is 0 Å². The molecule has 0 N–H and O–H groups in total. The van der Waals surface area contributed by atoms with Gasteiger partial charge in [0.15, 0.2) is 6.29 Å². The van der Waals surface area contributed by atoms with Crippen LogP contribution in [-0.2, 0) is 0 Å². The highest BCUT2D eigenvalue weighted by molar-refractivity contribution is 5.73. The van der Waals surface area contributed by atoms with Gasteiger partial charge in [-0.05, 0) is 13.8 Å². The Labute approximate surface area is 83.5 Å². The lowest BCUT2D eigenvalue weighted by Gasteiger charge is -2.41. The standard InChI is InChI=1S/C10H15N3O/c1-8(2)12-5-10(6-12)13-4-9(7-14)3-11-13/h3-4,7-8,10H,5-6H2,1-2H3. The Bertz CT molecular complexity index is 326. The number of nitrogens with zero attached hydrogens (tertiary/aromatic N) is 3. The van der Waals surface area contributed by atoms with Crippen molar-refractivity contribution in [1.29, 1.82) is 0 Å². The average Bonchev–Trinajstić information content (AvgIpc) is 2.49. The van der Waals surface area contributed by atoms with Gasteiger partial charge in [-0.2, -0.15) is 5.10 Å². The number of carbonyl (C=O) groups excluding carboxylic acids is 1. The zero-order valence-electron chi connectivity index (χ0n) is 8.55. The lowest BCUT2D eigenvalue weighted by Crippen LogP contribution is -2.50. The van der Waals surface area contributed by atoms with Gasteiger partial charge in [-0.1, -0.05) is 0 Å². The van der Waals surface area contributed by atoms with Crippen LogP contribution in [0.4, 0.5) is 0 Å². The highest BCUT2D eigenvalue weighted by atomic mass is 16.1. The Morgan fingerprint density at radius 2 is 2.29 bits per heavy atom. The molecule has 0 saturated carbocycles. The summed E-state index contributed by atoms with van der Waals surface area (Å²) in [4.78, 5) is 12.8. The van der Waals surface area contributed by atoms with Crippen molar-refractivity contribution in [2.45, 2.75) is 25.9 Å². The second kappa shape index (κ2) is 3.53. The van der Waals surface area contributed by atoms with E-state index in [1.54, 1.807) is 6.20 Å². The third-order valence-corrected chi connectivity index (χ3v) is 2.75. The fourth-order valence-corrected chi connectivity index (χ4v) is 1.69. The molecule has 0 spiro atoms. The third kappa shape index (κ3) is 1.57. The van der Waals surface area contributed by atoms with Crippen molar-refractivity contribution in [3.63, 3.8) is 0 Å². The smallest absolute Gasteiger partial charge is 0.153 e. The third-order valence-electron chi connectivity index (χ3n) is 2.75. The number of aromatic nitrogens is 2. The van der Waals surface area contributed by atoms with Gasteiger partial charge in [0.1, 0.15) is 0 Å². The maximum atomic E-state index is 10.5. The fraction of sp³-hybridized carbons (Fsp3) is 0.600. The monoisotopic (exact) mass is 193 g/mol. The molecule has 1 aromatic rings. The maximum absolute atomic E-state index is 10.5. The summed E-state index contributed by atoms with van der Waals surface area (Å²) in [6.07, 6.45) is 4.27. The van der Waals surface area contributed by atoms with Crippen LogP contribution >= 0.6 is 0 Å². The number of rotatable bonds is 3. The van der Waals surface area contributed by atoms with E-state index in [4.69, 9.17) is 0 Å². The van der Waals surface area contributed by atoms with Crippen molar-refractivity contribution in [1.82, 2.24) is 14.7 Å². The van der Waals surface area contributed by atoms with Crippen molar-refractivity contribution in [2.75, 3.05) is 13.1 Å². The molecule has 4 nitrogen and oxygen atoms in total. The number of likely N-dealkylation sites (tertiary alicyclic amines) is 1. The largest absolute Gasteiger partial charge is 0.298 e. The van der Waals surface area contributed by atoms with E-state index >= 15 is 0 Å². The maximum Gasteiger partial charge on any atom is 0.153 e. The molecule has 1 fully saturated rings. The Balaban J connectivity index is 1.96. The van der Waals surface area contributed by atoms with Gasteiger partial charge in [-0.15, -0.1) is 0 Å². The highest BCUT2D eigenvalue weighted by Gasteiger charge is 2.30. The summed E-state index contributed by atoms with van der Waals surface area (Å²) in [6.45, 7) is 6.46. The summed E-state index contributed by atoms with van der Waals surface area (Å²) < 4.78 is 1.89. The quantitative estimate of drug-likeness (QED) is 0.671. The Morgan fingerprint density at radius 3 is 2.79 bits per heavy atom. The highest BCUT2D eigenvalue weighted by Crippen LogP contribution is 2.22. The van der Waals surface area contributed by atoms with Crippen LogP contribution < -0.4 is 0 Å². The van der Waals surface area contributed by atoms with Gasteiger partial charge >= 0.3 is 0 Å². The van der Waals surface area contributed by atoms with Crippen LogP contribution in [0.1, 0.15) is 30.2 Å². The van der Waals surface area contributed by atoms with Crippen molar-refractivity contribution in [2.24, 2.45) is 0 Å². The van der Waals surface area contributed by atoms with Crippen molar-refractivity contribution < 1.29 is 4.79 Å². The number of aldehydes is 1. The van der Waals surface area contributed by atoms with Gasteiger partial charge < -0.3 is 0 Å². The van der Waals surface area contributed by atoms with E-state index in [0.717, 1.165) is 19.4 Å². The van der Waals surface area contributed by atoms with Crippen molar-refractivity contribution in [3.05, 3.63) is 18.0 Å². The van der Waals surface area contributed by atoms with E-state index in [9.17, 15) is 4.79 Å². The zero-order valence-corrected chi connectivity index (χ0v) is 8.55. The van der Waals surface area contributed by atoms with Crippen LogP contribution in [0.25, 0.3) is 0 Å². The first-order chi connectivity index (χ1) is 6.70. The van der Waals surface area contributed by atoms with E-state index in [-0.39, 0.29) is 0 Å². The van der Waals surface area contributed by atoms with Crippen LogP contribution in [-0.4, -0.2) is 40.1 Å². The second-order valence-corrected chi connectivity index (χ2v) is 4.07. The first kappa shape index (κ1) is 9.40. The van der Waals surface area contributed by atoms with Gasteiger partial charge in [0.05, 0.1) is 17.8 Å². The molecule has 2 heterocycles. The summed E-state index contributed by atoms with van der Waals surface area (Å²) in [5.74, 6) is 0. The summed E-state index contributed by atoms with van der Waals surface area (Å²) in [6, 6.07) is 1.05. The summed E-state index contributed by atoms with van der Waals surface area (Å²) >= 11 is 0. The predicted octanol–water partition coefficient (Wildman–Crippen LogP) is 0.961. The van der Waals surface area contributed by atoms with Crippen molar-refractivity contribution >= 4 is 6.29 Å². The minimum Gasteiger partial charge on any atom is -0.298 e. The molecule has 0 amide bonds. The molecule has 1 aromatic heterocycles. The van der Waals surface area contributed by atoms with E-state index in [1.807, 2.05) is 10.9 Å². The van der Waals surface area contributed by atoms with Gasteiger partial charge in [-0.3, -0.25) is 14.4 Å². The first-order valence-electron chi connectivity index (χ1n) is 4.94. The second-order valence-electron chi connectivity index (χ2n) is 4.07. The summed E-state index contributed by atoms with van der Waals surface area (Å²) in [5.41, 5.74) is 0.660. The molecule has 0 aliphatic carbocycles. The number of hydrogen-bond donors (Lipinski definition) is 0. The molecule has 1 aliphatic rings. The van der Waals surface area contributed by atoms with Crippen molar-refractivity contribution in [3.8, 4) is 0 Å². The summed E-state index contributed by atoms with van der Waals surface area (Å²) in [5, 5.41) is 4.16. The molecule has 4 heteroatoms. The molecule has 0 unspecified atom stereocenters. The van der Waals surface area contributed by atoms with Gasteiger partial charge in [0, 0.05) is 25.3 Å². The van der Waals surface area contributed by atoms with Crippen LogP contribution in [0.15, 0.2) is 12.4 Å². The molecule has 2 rings (SSSR count). The normalized spacial score (nSPS) is 18.5. The van der Waals surface area contributed by atoms with Crippen LogP contribution in [0.3, 0.4) is 0 Å². The summed E-state index contributed by atoms with van der Waals surface area (Å²) in [7, 11) is 0. The minimum atomic E-state index is 0.450. The van der Waals surface area contributed by atoms with Crippen LogP contribution in [0.5, 0.6) is 0 Å². The molecular formula is C10H15N3O. The van der Waals surface area contributed by atoms with Crippen LogP contribution in [0, 0.1) is 0 Å². The molecule has 0 bridgehead atoms.